The van der Waals surface area contributed by atoms with Gasteiger partial charge in [-0.1, -0.05) is 0 Å². The SMILES string of the molecule is O=c1[nH]c2ccc(NCc3ccc(I)o3)cc2[nH]1. The van der Waals surface area contributed by atoms with Crippen LogP contribution in [0.25, 0.3) is 11.0 Å². The molecule has 0 fully saturated rings. The standard InChI is InChI=1S/C12H10IN3O2/c13-11-4-2-8(18-11)6-14-7-1-3-9-10(5-7)16-12(17)15-9/h1-5,14H,6H2,(H2,15,16,17). The van der Waals surface area contributed by atoms with Crippen LogP contribution in [0.5, 0.6) is 0 Å². The summed E-state index contributed by atoms with van der Waals surface area (Å²) >= 11 is 2.13. The molecule has 0 unspecified atom stereocenters. The number of aromatic amines is 2. The van der Waals surface area contributed by atoms with Crippen LogP contribution in [0, 0.1) is 3.77 Å². The number of hydrogen-bond acceptors (Lipinski definition) is 3. The third-order valence-electron chi connectivity index (χ3n) is 2.61. The molecule has 92 valence electrons. The zero-order valence-electron chi connectivity index (χ0n) is 9.29. The van der Waals surface area contributed by atoms with E-state index in [2.05, 4.69) is 37.9 Å². The summed E-state index contributed by atoms with van der Waals surface area (Å²) < 4.78 is 6.33. The lowest BCUT2D eigenvalue weighted by Gasteiger charge is -2.03. The van der Waals surface area contributed by atoms with Crippen molar-refractivity contribution in [1.82, 2.24) is 9.97 Å². The Morgan fingerprint density at radius 1 is 1.17 bits per heavy atom. The summed E-state index contributed by atoms with van der Waals surface area (Å²) in [5.41, 5.74) is 2.34. The molecule has 0 aliphatic carbocycles. The Hall–Kier alpha value is -1.70. The van der Waals surface area contributed by atoms with E-state index in [4.69, 9.17) is 4.42 Å². The van der Waals surface area contributed by atoms with Gasteiger partial charge in [-0.2, -0.15) is 0 Å². The first-order valence-electron chi connectivity index (χ1n) is 5.41. The fourth-order valence-electron chi connectivity index (χ4n) is 1.78. The zero-order valence-corrected chi connectivity index (χ0v) is 11.4. The van der Waals surface area contributed by atoms with Gasteiger partial charge in [0.15, 0.2) is 3.77 Å². The van der Waals surface area contributed by atoms with Gasteiger partial charge in [-0.15, -0.1) is 0 Å². The van der Waals surface area contributed by atoms with Crippen molar-refractivity contribution in [3.05, 3.63) is 50.3 Å². The van der Waals surface area contributed by atoms with Crippen molar-refractivity contribution in [1.29, 1.82) is 0 Å². The van der Waals surface area contributed by atoms with E-state index >= 15 is 0 Å². The first-order valence-corrected chi connectivity index (χ1v) is 6.49. The van der Waals surface area contributed by atoms with Crippen LogP contribution in [0.2, 0.25) is 0 Å². The molecule has 18 heavy (non-hydrogen) atoms. The molecule has 0 aliphatic heterocycles. The third kappa shape index (κ3) is 2.28. The topological polar surface area (TPSA) is 73.8 Å². The third-order valence-corrected chi connectivity index (χ3v) is 3.19. The molecule has 0 atom stereocenters. The van der Waals surface area contributed by atoms with Crippen LogP contribution >= 0.6 is 22.6 Å². The maximum absolute atomic E-state index is 11.1. The first kappa shape index (κ1) is 11.4. The molecule has 0 aliphatic rings. The first-order chi connectivity index (χ1) is 8.70. The molecule has 0 spiro atoms. The number of imidazole rings is 1. The minimum atomic E-state index is -0.192. The number of hydrogen-bond donors (Lipinski definition) is 3. The number of rotatable bonds is 3. The fourth-order valence-corrected chi connectivity index (χ4v) is 2.24. The van der Waals surface area contributed by atoms with Crippen LogP contribution in [0.1, 0.15) is 5.76 Å². The maximum atomic E-state index is 11.1. The van der Waals surface area contributed by atoms with Gasteiger partial charge in [0.1, 0.15) is 5.76 Å². The van der Waals surface area contributed by atoms with E-state index in [1.807, 2.05) is 30.3 Å². The van der Waals surface area contributed by atoms with Crippen molar-refractivity contribution >= 4 is 39.3 Å². The molecule has 0 amide bonds. The zero-order chi connectivity index (χ0) is 12.5. The van der Waals surface area contributed by atoms with Gasteiger partial charge in [-0.25, -0.2) is 4.79 Å². The van der Waals surface area contributed by atoms with Gasteiger partial charge in [0.2, 0.25) is 0 Å². The van der Waals surface area contributed by atoms with Crippen molar-refractivity contribution < 1.29 is 4.42 Å². The molecule has 0 bridgehead atoms. The average molecular weight is 355 g/mol. The smallest absolute Gasteiger partial charge is 0.323 e. The predicted octanol–water partition coefficient (Wildman–Crippen LogP) is 2.67. The average Bonchev–Trinajstić information content (AvgIpc) is 2.90. The van der Waals surface area contributed by atoms with Crippen molar-refractivity contribution in [2.75, 3.05) is 5.32 Å². The Morgan fingerprint density at radius 2 is 2.00 bits per heavy atom. The van der Waals surface area contributed by atoms with Gasteiger partial charge in [-0.3, -0.25) is 0 Å². The summed E-state index contributed by atoms with van der Waals surface area (Å²) in [6, 6.07) is 9.53. The highest BCUT2D eigenvalue weighted by atomic mass is 127. The van der Waals surface area contributed by atoms with Gasteiger partial charge in [0.25, 0.3) is 0 Å². The van der Waals surface area contributed by atoms with E-state index in [9.17, 15) is 4.79 Å². The second kappa shape index (κ2) is 4.52. The highest BCUT2D eigenvalue weighted by Crippen LogP contribution is 2.16. The van der Waals surface area contributed by atoms with Crippen molar-refractivity contribution in [2.45, 2.75) is 6.54 Å². The van der Waals surface area contributed by atoms with Crippen LogP contribution in [0.4, 0.5) is 5.69 Å². The highest BCUT2D eigenvalue weighted by molar-refractivity contribution is 14.1. The van der Waals surface area contributed by atoms with E-state index in [0.717, 1.165) is 26.2 Å². The van der Waals surface area contributed by atoms with Crippen LogP contribution in [0.3, 0.4) is 0 Å². The van der Waals surface area contributed by atoms with Crippen molar-refractivity contribution in [3.8, 4) is 0 Å². The molecule has 3 aromatic rings. The van der Waals surface area contributed by atoms with E-state index in [-0.39, 0.29) is 5.69 Å². The summed E-state index contributed by atoms with van der Waals surface area (Å²) in [5.74, 6) is 0.877. The molecule has 0 saturated heterocycles. The van der Waals surface area contributed by atoms with Gasteiger partial charge in [0, 0.05) is 5.69 Å². The number of H-pyrrole nitrogens is 2. The van der Waals surface area contributed by atoms with Crippen LogP contribution < -0.4 is 11.0 Å². The molecule has 5 nitrogen and oxygen atoms in total. The summed E-state index contributed by atoms with van der Waals surface area (Å²) in [6.45, 7) is 0.614. The van der Waals surface area contributed by atoms with Crippen LogP contribution in [0.15, 0.2) is 39.5 Å². The summed E-state index contributed by atoms with van der Waals surface area (Å²) in [4.78, 5) is 16.6. The molecule has 2 aromatic heterocycles. The molecule has 3 rings (SSSR count). The Kier molecular flexibility index (Phi) is 2.86. The van der Waals surface area contributed by atoms with Gasteiger partial charge < -0.3 is 19.7 Å². The monoisotopic (exact) mass is 355 g/mol. The van der Waals surface area contributed by atoms with Gasteiger partial charge >= 0.3 is 5.69 Å². The largest absolute Gasteiger partial charge is 0.454 e. The molecule has 3 N–H and O–H groups in total. The number of halogens is 1. The second-order valence-electron chi connectivity index (χ2n) is 3.90. The Balaban J connectivity index is 1.80. The fraction of sp³-hybridized carbons (Fsp3) is 0.0833. The lowest BCUT2D eigenvalue weighted by molar-refractivity contribution is 0.493. The van der Waals surface area contributed by atoms with E-state index in [0.29, 0.717) is 6.54 Å². The summed E-state index contributed by atoms with van der Waals surface area (Å²) in [5, 5.41) is 3.24. The molecule has 0 radical (unpaired) electrons. The number of anilines is 1. The normalized spacial score (nSPS) is 10.9. The predicted molar refractivity (Wildman–Crippen MR) is 77.7 cm³/mol. The lowest BCUT2D eigenvalue weighted by Crippen LogP contribution is -1.99. The minimum absolute atomic E-state index is 0.192. The Labute approximate surface area is 116 Å². The summed E-state index contributed by atoms with van der Waals surface area (Å²) in [7, 11) is 0. The Morgan fingerprint density at radius 3 is 2.78 bits per heavy atom. The van der Waals surface area contributed by atoms with E-state index < -0.39 is 0 Å². The van der Waals surface area contributed by atoms with Gasteiger partial charge in [-0.05, 0) is 52.9 Å². The molecular formula is C12H10IN3O2. The highest BCUT2D eigenvalue weighted by Gasteiger charge is 2.02. The Bertz CT molecular complexity index is 741. The molecule has 2 heterocycles. The molecule has 0 saturated carbocycles. The van der Waals surface area contributed by atoms with Crippen LogP contribution in [-0.2, 0) is 6.54 Å². The number of benzene rings is 1. The van der Waals surface area contributed by atoms with E-state index in [1.165, 1.54) is 0 Å². The van der Waals surface area contributed by atoms with Gasteiger partial charge in [0.05, 0.1) is 17.6 Å². The minimum Gasteiger partial charge on any atom is -0.454 e. The number of nitrogens with one attached hydrogen (secondary N) is 3. The molecular weight excluding hydrogens is 345 g/mol. The summed E-state index contributed by atoms with van der Waals surface area (Å²) in [6.07, 6.45) is 0. The lowest BCUT2D eigenvalue weighted by atomic mass is 10.2. The molecule has 6 heteroatoms. The number of aromatic nitrogens is 2. The number of furan rings is 1. The number of fused-ring (bicyclic) bond motifs is 1. The maximum Gasteiger partial charge on any atom is 0.323 e. The van der Waals surface area contributed by atoms with Crippen molar-refractivity contribution in [2.24, 2.45) is 0 Å². The molecule has 1 aromatic carbocycles. The quantitative estimate of drug-likeness (QED) is 0.633. The second-order valence-corrected chi connectivity index (χ2v) is 4.96. The van der Waals surface area contributed by atoms with E-state index in [1.54, 1.807) is 0 Å². The van der Waals surface area contributed by atoms with Crippen molar-refractivity contribution in [3.63, 3.8) is 0 Å². The van der Waals surface area contributed by atoms with Crippen LogP contribution in [-0.4, -0.2) is 9.97 Å².